The molecule has 0 amide bonds. The number of allylic oxidation sites excluding steroid dienone is 4. The van der Waals surface area contributed by atoms with E-state index in [1.54, 1.807) is 0 Å². The van der Waals surface area contributed by atoms with Gasteiger partial charge in [-0.2, -0.15) is 5.26 Å². The van der Waals surface area contributed by atoms with Crippen LogP contribution in [-0.4, -0.2) is 0 Å². The lowest BCUT2D eigenvalue weighted by atomic mass is 9.82. The van der Waals surface area contributed by atoms with Crippen LogP contribution in [0.5, 0.6) is 0 Å². The Hall–Kier alpha value is -8.19. The van der Waals surface area contributed by atoms with Crippen LogP contribution in [0.3, 0.4) is 0 Å². The molecule has 0 saturated heterocycles. The van der Waals surface area contributed by atoms with Crippen molar-refractivity contribution in [3.8, 4) is 39.4 Å². The number of rotatable bonds is 5. The lowest BCUT2D eigenvalue weighted by molar-refractivity contribution is 0.660. The topological polar surface area (TPSA) is 30.3 Å². The molecule has 8 aromatic carbocycles. The molecular weight excluding hydrogens is 787 g/mol. The van der Waals surface area contributed by atoms with Gasteiger partial charge in [-0.15, -0.1) is 0 Å². The molecule has 12 rings (SSSR count). The maximum atomic E-state index is 9.57. The number of nitrogens with zero attached hydrogens (tertiary/aromatic N) is 3. The molecule has 0 aromatic heterocycles. The van der Waals surface area contributed by atoms with E-state index in [1.165, 1.54) is 38.9 Å². The highest BCUT2D eigenvalue weighted by molar-refractivity contribution is 5.98. The number of nitriles is 1. The van der Waals surface area contributed by atoms with Gasteiger partial charge in [0.25, 0.3) is 0 Å². The molecule has 0 unspecified atom stereocenters. The monoisotopic (exact) mass is 831 g/mol. The van der Waals surface area contributed by atoms with E-state index in [-0.39, 0.29) is 5.41 Å². The van der Waals surface area contributed by atoms with Gasteiger partial charge in [0.1, 0.15) is 0 Å². The first-order valence-corrected chi connectivity index (χ1v) is 22.6. The fourth-order valence-corrected chi connectivity index (χ4v) is 10.5. The van der Waals surface area contributed by atoms with E-state index in [4.69, 9.17) is 0 Å². The molecule has 2 aliphatic carbocycles. The number of hydrogen-bond donors (Lipinski definition) is 0. The molecule has 2 aliphatic heterocycles. The van der Waals surface area contributed by atoms with Gasteiger partial charge in [0.15, 0.2) is 0 Å². The average molecular weight is 832 g/mol. The zero-order valence-corrected chi connectivity index (χ0v) is 36.5. The van der Waals surface area contributed by atoms with Crippen molar-refractivity contribution in [1.82, 2.24) is 0 Å². The van der Waals surface area contributed by atoms with E-state index >= 15 is 0 Å². The Bertz CT molecular complexity index is 3410. The molecule has 65 heavy (non-hydrogen) atoms. The standard InChI is InChI=1S/C62H45N3/c1-62(2)56-17-8-7-16-54(56)55-31-30-53(39-57(55)62)65-60-32-25-46(42-12-4-3-5-13-42)36-50(60)21-22-51-38-48(27-34-61(51)65)47-26-33-59-49(37-47)20-19-44-14-6-9-18-58(44)64(59)52-28-23-43(24-29-52)45-15-10-11-41(35-45)40-63/h3-9,12-39H,10-11H2,1-2H3. The molecule has 0 bridgehead atoms. The highest BCUT2D eigenvalue weighted by Gasteiger charge is 2.36. The second kappa shape index (κ2) is 15.3. The molecule has 0 spiro atoms. The van der Waals surface area contributed by atoms with Gasteiger partial charge in [-0.25, -0.2) is 0 Å². The first kappa shape index (κ1) is 38.5. The fourth-order valence-electron chi connectivity index (χ4n) is 10.5. The first-order chi connectivity index (χ1) is 31.9. The maximum Gasteiger partial charge on any atom is 0.0947 e. The van der Waals surface area contributed by atoms with Crippen LogP contribution < -0.4 is 9.80 Å². The van der Waals surface area contributed by atoms with E-state index in [2.05, 4.69) is 236 Å². The summed E-state index contributed by atoms with van der Waals surface area (Å²) in [5, 5.41) is 9.57. The minimum Gasteiger partial charge on any atom is -0.309 e. The second-order valence-electron chi connectivity index (χ2n) is 18.0. The van der Waals surface area contributed by atoms with Crippen LogP contribution in [0.25, 0.3) is 63.3 Å². The molecule has 0 radical (unpaired) electrons. The molecule has 0 N–H and O–H groups in total. The summed E-state index contributed by atoms with van der Waals surface area (Å²) in [6.07, 6.45) is 15.1. The number of anilines is 6. The predicted molar refractivity (Wildman–Crippen MR) is 273 cm³/mol. The summed E-state index contributed by atoms with van der Waals surface area (Å²) in [5.41, 5.74) is 24.5. The maximum absolute atomic E-state index is 9.57. The van der Waals surface area contributed by atoms with Gasteiger partial charge in [0.2, 0.25) is 0 Å². The van der Waals surface area contributed by atoms with Gasteiger partial charge >= 0.3 is 0 Å². The third-order valence-electron chi connectivity index (χ3n) is 13.8. The van der Waals surface area contributed by atoms with Crippen molar-refractivity contribution in [1.29, 1.82) is 5.26 Å². The smallest absolute Gasteiger partial charge is 0.0947 e. The van der Waals surface area contributed by atoms with Crippen molar-refractivity contribution in [3.05, 3.63) is 233 Å². The van der Waals surface area contributed by atoms with Gasteiger partial charge in [-0.3, -0.25) is 0 Å². The normalized spacial score (nSPS) is 14.9. The third-order valence-corrected chi connectivity index (χ3v) is 13.8. The Morgan fingerprint density at radius 1 is 0.446 bits per heavy atom. The van der Waals surface area contributed by atoms with Crippen molar-refractivity contribution < 1.29 is 0 Å². The highest BCUT2D eigenvalue weighted by Crippen LogP contribution is 2.52. The number of fused-ring (bicyclic) bond motifs is 7. The van der Waals surface area contributed by atoms with Gasteiger partial charge in [0, 0.05) is 22.4 Å². The summed E-state index contributed by atoms with van der Waals surface area (Å²) in [7, 11) is 0. The molecule has 4 aliphatic rings. The summed E-state index contributed by atoms with van der Waals surface area (Å²) in [6.45, 7) is 4.71. The van der Waals surface area contributed by atoms with Crippen LogP contribution in [0, 0.1) is 11.3 Å². The van der Waals surface area contributed by atoms with Gasteiger partial charge in [-0.1, -0.05) is 153 Å². The molecule has 8 aromatic rings. The first-order valence-electron chi connectivity index (χ1n) is 22.6. The largest absolute Gasteiger partial charge is 0.309 e. The minimum atomic E-state index is -0.119. The number of hydrogen-bond acceptors (Lipinski definition) is 3. The van der Waals surface area contributed by atoms with E-state index in [0.717, 1.165) is 91.5 Å². The van der Waals surface area contributed by atoms with Gasteiger partial charge in [0.05, 0.1) is 28.8 Å². The molecule has 0 atom stereocenters. The summed E-state index contributed by atoms with van der Waals surface area (Å²) in [5.74, 6) is 0. The van der Waals surface area contributed by atoms with Crippen molar-refractivity contribution >= 4 is 64.0 Å². The molecule has 2 heterocycles. The SMILES string of the molecule is CC1(C)c2ccccc2-c2ccc(N3c4ccc(-c5ccccc5)cc4C=Cc4cc(-c5ccc6c(c5)C=Cc5ccccc5N6c5ccc(C6=CCCC(C#N)=C6)cc5)ccc43)cc21. The average Bonchev–Trinajstić information content (AvgIpc) is 3.47. The number of benzene rings is 8. The van der Waals surface area contributed by atoms with Crippen LogP contribution in [-0.2, 0) is 5.41 Å². The molecule has 0 saturated carbocycles. The summed E-state index contributed by atoms with van der Waals surface area (Å²) in [4.78, 5) is 4.84. The van der Waals surface area contributed by atoms with Gasteiger partial charge in [-0.05, 0) is 164 Å². The minimum absolute atomic E-state index is 0.119. The summed E-state index contributed by atoms with van der Waals surface area (Å²) < 4.78 is 0. The molecule has 3 heteroatoms. The van der Waals surface area contributed by atoms with Crippen LogP contribution in [0.15, 0.2) is 194 Å². The Balaban J connectivity index is 0.952. The van der Waals surface area contributed by atoms with Crippen LogP contribution in [0.1, 0.15) is 65.6 Å². The second-order valence-corrected chi connectivity index (χ2v) is 18.0. The Labute approximate surface area is 381 Å². The molecular formula is C62H45N3. The zero-order chi connectivity index (χ0) is 43.6. The van der Waals surface area contributed by atoms with E-state index in [0.29, 0.717) is 0 Å². The third kappa shape index (κ3) is 6.49. The lowest BCUT2D eigenvalue weighted by Crippen LogP contribution is -2.17. The lowest BCUT2D eigenvalue weighted by Gasteiger charge is -2.30. The van der Waals surface area contributed by atoms with Crippen LogP contribution in [0.4, 0.5) is 34.1 Å². The van der Waals surface area contributed by atoms with Crippen LogP contribution >= 0.6 is 0 Å². The summed E-state index contributed by atoms with van der Waals surface area (Å²) >= 11 is 0. The highest BCUT2D eigenvalue weighted by atomic mass is 15.2. The van der Waals surface area contributed by atoms with Crippen molar-refractivity contribution in [2.45, 2.75) is 32.1 Å². The predicted octanol–water partition coefficient (Wildman–Crippen LogP) is 16.9. The van der Waals surface area contributed by atoms with Crippen molar-refractivity contribution in [3.63, 3.8) is 0 Å². The molecule has 3 nitrogen and oxygen atoms in total. The summed E-state index contributed by atoms with van der Waals surface area (Å²) in [6, 6.07) is 67.1. The Morgan fingerprint density at radius 2 is 0.969 bits per heavy atom. The quantitative estimate of drug-likeness (QED) is 0.173. The molecule has 0 fully saturated rings. The fraction of sp³-hybridized carbons (Fsp3) is 0.0806. The van der Waals surface area contributed by atoms with Crippen molar-refractivity contribution in [2.75, 3.05) is 9.80 Å². The van der Waals surface area contributed by atoms with Crippen molar-refractivity contribution in [2.24, 2.45) is 0 Å². The number of para-hydroxylation sites is 1. The van der Waals surface area contributed by atoms with Gasteiger partial charge < -0.3 is 9.80 Å². The van der Waals surface area contributed by atoms with E-state index < -0.39 is 0 Å². The zero-order valence-electron chi connectivity index (χ0n) is 36.5. The Kier molecular flexibility index (Phi) is 9.04. The van der Waals surface area contributed by atoms with E-state index in [1.807, 2.05) is 6.08 Å². The molecule has 308 valence electrons. The van der Waals surface area contributed by atoms with E-state index in [9.17, 15) is 5.26 Å². The Morgan fingerprint density at radius 3 is 1.65 bits per heavy atom. The van der Waals surface area contributed by atoms with Crippen LogP contribution in [0.2, 0.25) is 0 Å².